The number of aromatic nitrogens is 3. The average Bonchev–Trinajstić information content (AvgIpc) is 2.66. The summed E-state index contributed by atoms with van der Waals surface area (Å²) in [5.41, 5.74) is 6.40. The molecule has 10 nitrogen and oxygen atoms in total. The van der Waals surface area contributed by atoms with Crippen molar-refractivity contribution in [1.29, 1.82) is 0 Å². The number of nitrogens with two attached hydrogens (primary N) is 1. The van der Waals surface area contributed by atoms with E-state index in [1.54, 1.807) is 43.3 Å². The van der Waals surface area contributed by atoms with Gasteiger partial charge < -0.3 is 15.4 Å². The van der Waals surface area contributed by atoms with Gasteiger partial charge >= 0.3 is 5.97 Å². The first kappa shape index (κ1) is 18.2. The number of nitrogens with zero attached hydrogens (tertiary/aromatic N) is 6. The second-order valence-electron chi connectivity index (χ2n) is 5.97. The van der Waals surface area contributed by atoms with Crippen molar-refractivity contribution in [1.82, 2.24) is 15.0 Å². The van der Waals surface area contributed by atoms with Crippen LogP contribution in [0.5, 0.6) is 0 Å². The second-order valence-corrected chi connectivity index (χ2v) is 5.97. The van der Waals surface area contributed by atoms with Crippen LogP contribution in [-0.2, 0) is 20.9 Å². The third-order valence-electron chi connectivity index (χ3n) is 3.69. The number of hydrazone groups is 1. The summed E-state index contributed by atoms with van der Waals surface area (Å²) in [6, 6.07) is 8.90. The molecule has 0 bridgehead atoms. The van der Waals surface area contributed by atoms with Crippen molar-refractivity contribution in [2.24, 2.45) is 5.10 Å². The molecule has 1 amide bonds. The van der Waals surface area contributed by atoms with Crippen LogP contribution in [0.1, 0.15) is 18.7 Å². The molecule has 0 fully saturated rings. The summed E-state index contributed by atoms with van der Waals surface area (Å²) in [6.07, 6.45) is 0.385. The molecule has 10 heteroatoms. The summed E-state index contributed by atoms with van der Waals surface area (Å²) in [4.78, 5) is 38.2. The molecular weight excluding hydrogens is 350 g/mol. The van der Waals surface area contributed by atoms with E-state index >= 15 is 0 Å². The largest absolute Gasteiger partial charge is 0.453 e. The van der Waals surface area contributed by atoms with Crippen molar-refractivity contribution in [3.63, 3.8) is 0 Å². The molecule has 0 spiro atoms. The lowest BCUT2D eigenvalue weighted by Gasteiger charge is -2.22. The number of carbonyl (C=O) groups is 2. The molecule has 0 saturated heterocycles. The van der Waals surface area contributed by atoms with E-state index in [4.69, 9.17) is 10.5 Å². The molecule has 0 unspecified atom stereocenters. The number of amides is 1. The number of esters is 1. The maximum absolute atomic E-state index is 12.4. The van der Waals surface area contributed by atoms with Crippen LogP contribution in [0.3, 0.4) is 0 Å². The first-order chi connectivity index (χ1) is 12.9. The van der Waals surface area contributed by atoms with Gasteiger partial charge in [0.2, 0.25) is 17.8 Å². The number of nitrogen functional groups attached to an aromatic ring is 1. The van der Waals surface area contributed by atoms with Crippen molar-refractivity contribution in [3.05, 3.63) is 36.2 Å². The number of carbonyl (C=O) groups excluding carboxylic acids is 2. The van der Waals surface area contributed by atoms with E-state index in [0.29, 0.717) is 11.6 Å². The molecule has 1 aliphatic heterocycles. The zero-order chi connectivity index (χ0) is 19.4. The molecule has 0 aliphatic carbocycles. The van der Waals surface area contributed by atoms with E-state index in [0.717, 1.165) is 0 Å². The smallest absolute Gasteiger partial charge is 0.354 e. The third kappa shape index (κ3) is 4.35. The summed E-state index contributed by atoms with van der Waals surface area (Å²) in [7, 11) is 3.52. The number of hydrogen-bond acceptors (Lipinski definition) is 9. The fourth-order valence-corrected chi connectivity index (χ4v) is 2.37. The highest BCUT2D eigenvalue weighted by Crippen LogP contribution is 2.20. The van der Waals surface area contributed by atoms with E-state index < -0.39 is 5.97 Å². The van der Waals surface area contributed by atoms with E-state index in [2.05, 4.69) is 20.1 Å². The Balaban J connectivity index is 1.72. The quantitative estimate of drug-likeness (QED) is 0.765. The Kier molecular flexibility index (Phi) is 5.25. The Morgan fingerprint density at radius 3 is 2.63 bits per heavy atom. The first-order valence-electron chi connectivity index (χ1n) is 8.24. The predicted molar refractivity (Wildman–Crippen MR) is 99.0 cm³/mol. The van der Waals surface area contributed by atoms with Crippen LogP contribution in [0.15, 0.2) is 35.4 Å². The molecule has 0 radical (unpaired) electrons. The number of hydrogen-bond donors (Lipinski definition) is 1. The van der Waals surface area contributed by atoms with Crippen molar-refractivity contribution in [2.75, 3.05) is 29.7 Å². The van der Waals surface area contributed by atoms with Crippen LogP contribution >= 0.6 is 0 Å². The molecule has 1 aromatic carbocycles. The van der Waals surface area contributed by atoms with Gasteiger partial charge in [0.05, 0.1) is 5.69 Å². The molecule has 27 heavy (non-hydrogen) atoms. The van der Waals surface area contributed by atoms with Crippen LogP contribution in [0.2, 0.25) is 0 Å². The van der Waals surface area contributed by atoms with Gasteiger partial charge in [0.25, 0.3) is 0 Å². The number of ether oxygens (including phenoxy) is 1. The van der Waals surface area contributed by atoms with Crippen LogP contribution in [0, 0.1) is 0 Å². The Morgan fingerprint density at radius 1 is 1.19 bits per heavy atom. The average molecular weight is 369 g/mol. The van der Waals surface area contributed by atoms with Crippen LogP contribution in [0.4, 0.5) is 17.6 Å². The molecule has 1 aromatic heterocycles. The van der Waals surface area contributed by atoms with Gasteiger partial charge in [0.1, 0.15) is 5.71 Å². The third-order valence-corrected chi connectivity index (χ3v) is 3.69. The fourth-order valence-electron chi connectivity index (χ4n) is 2.37. The highest BCUT2D eigenvalue weighted by atomic mass is 16.5. The Hall–Kier alpha value is -3.56. The summed E-state index contributed by atoms with van der Waals surface area (Å²) < 4.78 is 5.24. The van der Waals surface area contributed by atoms with Crippen LogP contribution in [-0.4, -0.2) is 46.6 Å². The van der Waals surface area contributed by atoms with Crippen LogP contribution in [0.25, 0.3) is 0 Å². The minimum atomic E-state index is -0.631. The zero-order valence-corrected chi connectivity index (χ0v) is 15.0. The van der Waals surface area contributed by atoms with Crippen molar-refractivity contribution in [3.8, 4) is 0 Å². The summed E-state index contributed by atoms with van der Waals surface area (Å²) >= 11 is 0. The molecule has 0 saturated carbocycles. The SMILES string of the molecule is CN(C)c1nc(N)nc(COC(=O)C2=NN(c3ccccc3)C(=O)CC2)n1. The molecule has 3 rings (SSSR count). The minimum absolute atomic E-state index is 0.0376. The Morgan fingerprint density at radius 2 is 1.93 bits per heavy atom. The van der Waals surface area contributed by atoms with E-state index in [9.17, 15) is 9.59 Å². The fraction of sp³-hybridized carbons (Fsp3) is 0.294. The van der Waals surface area contributed by atoms with Gasteiger partial charge in [-0.25, -0.2) is 9.80 Å². The molecular formula is C17H19N7O3. The van der Waals surface area contributed by atoms with Crippen LogP contribution < -0.4 is 15.6 Å². The minimum Gasteiger partial charge on any atom is -0.453 e. The monoisotopic (exact) mass is 369 g/mol. The number of anilines is 3. The van der Waals surface area contributed by atoms with Crippen molar-refractivity contribution >= 4 is 35.2 Å². The molecule has 0 atom stereocenters. The highest BCUT2D eigenvalue weighted by Gasteiger charge is 2.26. The van der Waals surface area contributed by atoms with Crippen molar-refractivity contribution in [2.45, 2.75) is 19.4 Å². The van der Waals surface area contributed by atoms with Gasteiger partial charge in [0, 0.05) is 26.9 Å². The first-order valence-corrected chi connectivity index (χ1v) is 8.24. The number of benzene rings is 1. The summed E-state index contributed by atoms with van der Waals surface area (Å²) in [6.45, 7) is -0.176. The van der Waals surface area contributed by atoms with E-state index in [1.165, 1.54) is 5.01 Å². The Labute approximate surface area is 155 Å². The molecule has 2 heterocycles. The zero-order valence-electron chi connectivity index (χ0n) is 15.0. The van der Waals surface area contributed by atoms with Crippen molar-refractivity contribution < 1.29 is 14.3 Å². The normalized spacial score (nSPS) is 13.9. The van der Waals surface area contributed by atoms with Gasteiger partial charge in [-0.2, -0.15) is 20.1 Å². The lowest BCUT2D eigenvalue weighted by Crippen LogP contribution is -2.35. The standard InChI is InChI=1S/C17H19N7O3/c1-23(2)17-20-13(19-16(18)21-17)10-27-15(26)12-8-9-14(25)24(22-12)11-6-4-3-5-7-11/h3-7H,8-10H2,1-2H3,(H2,18,19,20,21). The van der Waals surface area contributed by atoms with E-state index in [1.807, 2.05) is 6.07 Å². The lowest BCUT2D eigenvalue weighted by atomic mass is 10.1. The molecule has 2 N–H and O–H groups in total. The van der Waals surface area contributed by atoms with Gasteiger partial charge in [-0.05, 0) is 12.1 Å². The molecule has 1 aliphatic rings. The predicted octanol–water partition coefficient (Wildman–Crippen LogP) is 0.746. The van der Waals surface area contributed by atoms with Gasteiger partial charge in [0.15, 0.2) is 12.4 Å². The topological polar surface area (TPSA) is 127 Å². The highest BCUT2D eigenvalue weighted by molar-refractivity contribution is 6.37. The number of rotatable bonds is 5. The summed E-state index contributed by atoms with van der Waals surface area (Å²) in [5, 5.41) is 5.36. The van der Waals surface area contributed by atoms with Gasteiger partial charge in [-0.3, -0.25) is 4.79 Å². The summed E-state index contributed by atoms with van der Waals surface area (Å²) in [5.74, 6) is -0.181. The number of para-hydroxylation sites is 1. The maximum Gasteiger partial charge on any atom is 0.354 e. The van der Waals surface area contributed by atoms with Gasteiger partial charge in [-0.1, -0.05) is 18.2 Å². The molecule has 2 aromatic rings. The Bertz CT molecular complexity index is 883. The lowest BCUT2D eigenvalue weighted by molar-refractivity contribution is -0.137. The maximum atomic E-state index is 12.4. The van der Waals surface area contributed by atoms with Gasteiger partial charge in [-0.15, -0.1) is 0 Å². The molecule has 140 valence electrons. The van der Waals surface area contributed by atoms with E-state index in [-0.39, 0.29) is 42.8 Å². The second kappa shape index (κ2) is 7.77.